The molecular formula is C21H29N5O3S. The van der Waals surface area contributed by atoms with Crippen molar-refractivity contribution in [2.24, 2.45) is 0 Å². The van der Waals surface area contributed by atoms with Crippen LogP contribution in [0, 0.1) is 6.92 Å². The van der Waals surface area contributed by atoms with Crippen LogP contribution >= 0.6 is 0 Å². The van der Waals surface area contributed by atoms with Gasteiger partial charge in [-0.1, -0.05) is 12.1 Å². The van der Waals surface area contributed by atoms with E-state index in [2.05, 4.69) is 27.4 Å². The number of rotatable bonds is 6. The second-order valence-corrected chi connectivity index (χ2v) is 9.66. The monoisotopic (exact) mass is 431 g/mol. The van der Waals surface area contributed by atoms with Crippen LogP contribution in [0.5, 0.6) is 0 Å². The summed E-state index contributed by atoms with van der Waals surface area (Å²) in [5.74, 6) is 0.136. The van der Waals surface area contributed by atoms with E-state index >= 15 is 0 Å². The zero-order valence-corrected chi connectivity index (χ0v) is 18.4. The van der Waals surface area contributed by atoms with Gasteiger partial charge in [0.2, 0.25) is 10.0 Å². The molecule has 1 aliphatic rings. The summed E-state index contributed by atoms with van der Waals surface area (Å²) in [5, 5.41) is 5.62. The second kappa shape index (κ2) is 9.55. The summed E-state index contributed by atoms with van der Waals surface area (Å²) < 4.78 is 25.7. The van der Waals surface area contributed by atoms with Crippen LogP contribution in [0.1, 0.15) is 31.1 Å². The first kappa shape index (κ1) is 22.2. The average Bonchev–Trinajstić information content (AvgIpc) is 2.75. The Morgan fingerprint density at radius 3 is 2.43 bits per heavy atom. The van der Waals surface area contributed by atoms with Gasteiger partial charge in [0, 0.05) is 43.6 Å². The first-order chi connectivity index (χ1) is 14.3. The van der Waals surface area contributed by atoms with E-state index in [1.165, 1.54) is 0 Å². The normalized spacial score (nSPS) is 16.8. The Morgan fingerprint density at radius 2 is 1.80 bits per heavy atom. The van der Waals surface area contributed by atoms with E-state index in [1.807, 2.05) is 37.3 Å². The molecule has 1 aromatic carbocycles. The molecule has 3 rings (SSSR count). The fourth-order valence-corrected chi connectivity index (χ4v) is 4.56. The third-order valence-electron chi connectivity index (χ3n) is 5.38. The molecule has 0 radical (unpaired) electrons. The van der Waals surface area contributed by atoms with Gasteiger partial charge in [0.1, 0.15) is 0 Å². The summed E-state index contributed by atoms with van der Waals surface area (Å²) in [6, 6.07) is 11.1. The lowest BCUT2D eigenvalue weighted by atomic mass is 10.1. The van der Waals surface area contributed by atoms with Crippen molar-refractivity contribution in [1.82, 2.24) is 14.2 Å². The maximum atomic E-state index is 12.3. The van der Waals surface area contributed by atoms with Crippen LogP contribution in [0.2, 0.25) is 0 Å². The van der Waals surface area contributed by atoms with Gasteiger partial charge in [-0.05, 0) is 50.6 Å². The van der Waals surface area contributed by atoms with Crippen molar-refractivity contribution in [2.45, 2.75) is 26.8 Å². The molecule has 8 nitrogen and oxygen atoms in total. The number of hydrogen-bond acceptors (Lipinski definition) is 5. The van der Waals surface area contributed by atoms with Gasteiger partial charge in [-0.15, -0.1) is 0 Å². The SMILES string of the molecule is CCS(=O)(=O)N1CCN([C@@H](C)c2cccc(NC(=O)Nc3ccc(C)nc3)c2)CC1. The number of hydrogen-bond donors (Lipinski definition) is 2. The first-order valence-corrected chi connectivity index (χ1v) is 11.7. The summed E-state index contributed by atoms with van der Waals surface area (Å²) in [6.07, 6.45) is 1.62. The molecule has 2 N–H and O–H groups in total. The quantitative estimate of drug-likeness (QED) is 0.733. The standard InChI is InChI=1S/C21H29N5O3S/c1-4-30(28,29)26-12-10-25(11-13-26)17(3)18-6-5-7-19(14-18)23-21(27)24-20-9-8-16(2)22-15-20/h5-9,14-15,17H,4,10-13H2,1-3H3,(H2,23,24,27)/t17-/m0/s1. The van der Waals surface area contributed by atoms with Crippen LogP contribution in [-0.4, -0.2) is 60.6 Å². The molecule has 0 unspecified atom stereocenters. The maximum absolute atomic E-state index is 12.3. The van der Waals surface area contributed by atoms with Gasteiger partial charge in [0.05, 0.1) is 17.6 Å². The molecule has 0 aliphatic carbocycles. The number of piperazine rings is 1. The zero-order chi connectivity index (χ0) is 21.7. The molecule has 0 saturated carbocycles. The number of nitrogens with one attached hydrogen (secondary N) is 2. The van der Waals surface area contributed by atoms with E-state index in [1.54, 1.807) is 23.5 Å². The highest BCUT2D eigenvalue weighted by atomic mass is 32.2. The van der Waals surface area contributed by atoms with Gasteiger partial charge in [0.25, 0.3) is 0 Å². The van der Waals surface area contributed by atoms with E-state index in [0.29, 0.717) is 37.6 Å². The van der Waals surface area contributed by atoms with Crippen molar-refractivity contribution < 1.29 is 13.2 Å². The summed E-state index contributed by atoms with van der Waals surface area (Å²) in [6.45, 7) is 8.03. The topological polar surface area (TPSA) is 94.6 Å². The Balaban J connectivity index is 1.59. The summed E-state index contributed by atoms with van der Waals surface area (Å²) in [5.41, 5.74) is 3.28. The van der Waals surface area contributed by atoms with Gasteiger partial charge in [-0.25, -0.2) is 13.2 Å². The number of pyridine rings is 1. The predicted octanol–water partition coefficient (Wildman–Crippen LogP) is 3.06. The third kappa shape index (κ3) is 5.56. The number of aromatic nitrogens is 1. The van der Waals surface area contributed by atoms with Gasteiger partial charge in [0.15, 0.2) is 0 Å². The minimum absolute atomic E-state index is 0.114. The average molecular weight is 432 g/mol. The van der Waals surface area contributed by atoms with Crippen molar-refractivity contribution in [1.29, 1.82) is 0 Å². The number of nitrogens with zero attached hydrogens (tertiary/aromatic N) is 3. The lowest BCUT2D eigenvalue weighted by molar-refractivity contribution is 0.146. The smallest absolute Gasteiger partial charge is 0.308 e. The number of carbonyl (C=O) groups excluding carboxylic acids is 1. The van der Waals surface area contributed by atoms with Crippen molar-refractivity contribution in [2.75, 3.05) is 42.6 Å². The molecule has 2 heterocycles. The van der Waals surface area contributed by atoms with Gasteiger partial charge < -0.3 is 10.6 Å². The minimum Gasteiger partial charge on any atom is -0.308 e. The Hall–Kier alpha value is -2.49. The van der Waals surface area contributed by atoms with Crippen LogP contribution in [0.15, 0.2) is 42.6 Å². The lowest BCUT2D eigenvalue weighted by Gasteiger charge is -2.37. The van der Waals surface area contributed by atoms with E-state index < -0.39 is 10.0 Å². The number of benzene rings is 1. The van der Waals surface area contributed by atoms with Crippen LogP contribution in [0.25, 0.3) is 0 Å². The highest BCUT2D eigenvalue weighted by Gasteiger charge is 2.28. The molecule has 1 aromatic heterocycles. The molecule has 2 aromatic rings. The Bertz CT molecular complexity index is 970. The van der Waals surface area contributed by atoms with Crippen LogP contribution in [-0.2, 0) is 10.0 Å². The molecule has 30 heavy (non-hydrogen) atoms. The fraction of sp³-hybridized carbons (Fsp3) is 0.429. The van der Waals surface area contributed by atoms with Crippen LogP contribution in [0.3, 0.4) is 0 Å². The highest BCUT2D eigenvalue weighted by Crippen LogP contribution is 2.25. The van der Waals surface area contributed by atoms with E-state index in [0.717, 1.165) is 11.3 Å². The molecule has 2 amide bonds. The van der Waals surface area contributed by atoms with Crippen molar-refractivity contribution >= 4 is 27.4 Å². The van der Waals surface area contributed by atoms with Crippen molar-refractivity contribution in [3.05, 3.63) is 53.9 Å². The Morgan fingerprint density at radius 1 is 1.10 bits per heavy atom. The number of urea groups is 1. The molecule has 1 atom stereocenters. The van der Waals surface area contributed by atoms with E-state index in [9.17, 15) is 13.2 Å². The summed E-state index contributed by atoms with van der Waals surface area (Å²) >= 11 is 0. The molecule has 0 bridgehead atoms. The number of anilines is 2. The first-order valence-electron chi connectivity index (χ1n) is 10.1. The molecule has 1 aliphatic heterocycles. The van der Waals surface area contributed by atoms with Crippen LogP contribution in [0.4, 0.5) is 16.2 Å². The van der Waals surface area contributed by atoms with E-state index in [4.69, 9.17) is 0 Å². The summed E-state index contributed by atoms with van der Waals surface area (Å²) in [4.78, 5) is 18.7. The maximum Gasteiger partial charge on any atom is 0.323 e. The van der Waals surface area contributed by atoms with Gasteiger partial charge >= 0.3 is 6.03 Å². The van der Waals surface area contributed by atoms with E-state index in [-0.39, 0.29) is 17.8 Å². The Kier molecular flexibility index (Phi) is 7.06. The van der Waals surface area contributed by atoms with Crippen molar-refractivity contribution in [3.8, 4) is 0 Å². The predicted molar refractivity (Wildman–Crippen MR) is 119 cm³/mol. The fourth-order valence-electron chi connectivity index (χ4n) is 3.47. The van der Waals surface area contributed by atoms with Gasteiger partial charge in [-0.3, -0.25) is 9.88 Å². The molecule has 162 valence electrons. The van der Waals surface area contributed by atoms with Crippen molar-refractivity contribution in [3.63, 3.8) is 0 Å². The number of aryl methyl sites for hydroxylation is 1. The molecular weight excluding hydrogens is 402 g/mol. The highest BCUT2D eigenvalue weighted by molar-refractivity contribution is 7.89. The largest absolute Gasteiger partial charge is 0.323 e. The molecule has 1 saturated heterocycles. The number of carbonyl (C=O) groups is 1. The number of sulfonamides is 1. The Labute approximate surface area is 178 Å². The molecule has 9 heteroatoms. The summed E-state index contributed by atoms with van der Waals surface area (Å²) in [7, 11) is -3.14. The third-order valence-corrected chi connectivity index (χ3v) is 7.26. The number of amides is 2. The molecule has 0 spiro atoms. The minimum atomic E-state index is -3.14. The second-order valence-electron chi connectivity index (χ2n) is 7.40. The zero-order valence-electron chi connectivity index (χ0n) is 17.6. The van der Waals surface area contributed by atoms with Crippen LogP contribution < -0.4 is 10.6 Å². The molecule has 1 fully saturated rings. The lowest BCUT2D eigenvalue weighted by Crippen LogP contribution is -2.49. The van der Waals surface area contributed by atoms with Gasteiger partial charge in [-0.2, -0.15) is 4.31 Å².